The topological polar surface area (TPSA) is 52.5 Å². The second-order valence-electron chi connectivity index (χ2n) is 2.89. The summed E-state index contributed by atoms with van der Waals surface area (Å²) in [5, 5.41) is 15.2. The molecule has 0 bridgehead atoms. The third-order valence-electron chi connectivity index (χ3n) is 1.95. The van der Waals surface area contributed by atoms with Crippen LogP contribution in [0.25, 0.3) is 11.3 Å². The summed E-state index contributed by atoms with van der Waals surface area (Å²) in [6, 6.07) is 6.14. The number of nitrogens with zero attached hydrogens (tertiary/aromatic N) is 2. The SMILES string of the molecule is N#Cc1c(F)cc(-c2cc[nH]n2)cc1Cl. The van der Waals surface area contributed by atoms with E-state index in [1.165, 1.54) is 12.1 Å². The molecule has 0 aliphatic heterocycles. The first-order valence-electron chi connectivity index (χ1n) is 4.11. The molecule has 0 atom stereocenters. The molecule has 5 heteroatoms. The van der Waals surface area contributed by atoms with Gasteiger partial charge in [-0.3, -0.25) is 5.10 Å². The highest BCUT2D eigenvalue weighted by molar-refractivity contribution is 6.32. The van der Waals surface area contributed by atoms with Gasteiger partial charge in [-0.15, -0.1) is 0 Å². The highest BCUT2D eigenvalue weighted by Gasteiger charge is 2.10. The van der Waals surface area contributed by atoms with E-state index in [1.807, 2.05) is 0 Å². The zero-order valence-electron chi connectivity index (χ0n) is 7.46. The molecule has 0 fully saturated rings. The lowest BCUT2D eigenvalue weighted by molar-refractivity contribution is 0.624. The van der Waals surface area contributed by atoms with Gasteiger partial charge in [-0.1, -0.05) is 11.6 Å². The molecule has 0 amide bonds. The van der Waals surface area contributed by atoms with E-state index >= 15 is 0 Å². The Hall–Kier alpha value is -1.86. The number of rotatable bonds is 1. The van der Waals surface area contributed by atoms with Crippen molar-refractivity contribution in [2.75, 3.05) is 0 Å². The van der Waals surface area contributed by atoms with Crippen molar-refractivity contribution in [3.63, 3.8) is 0 Å². The molecular weight excluding hydrogens is 217 g/mol. The van der Waals surface area contributed by atoms with E-state index < -0.39 is 5.82 Å². The normalized spacial score (nSPS) is 9.93. The maximum atomic E-state index is 13.4. The van der Waals surface area contributed by atoms with Crippen LogP contribution in [-0.2, 0) is 0 Å². The number of hydrogen-bond acceptors (Lipinski definition) is 2. The number of H-pyrrole nitrogens is 1. The Bertz CT molecular complexity index is 505. The molecule has 1 heterocycles. The maximum Gasteiger partial charge on any atom is 0.143 e. The van der Waals surface area contributed by atoms with E-state index in [9.17, 15) is 4.39 Å². The summed E-state index contributed by atoms with van der Waals surface area (Å²) < 4.78 is 13.4. The van der Waals surface area contributed by atoms with Crippen molar-refractivity contribution in [1.82, 2.24) is 10.2 Å². The molecule has 3 nitrogen and oxygen atoms in total. The lowest BCUT2D eigenvalue weighted by Crippen LogP contribution is -1.88. The first-order chi connectivity index (χ1) is 7.22. The van der Waals surface area contributed by atoms with Crippen molar-refractivity contribution in [3.05, 3.63) is 40.8 Å². The number of nitriles is 1. The van der Waals surface area contributed by atoms with Crippen molar-refractivity contribution >= 4 is 11.6 Å². The molecule has 2 aromatic rings. The molecule has 0 unspecified atom stereocenters. The minimum Gasteiger partial charge on any atom is -0.285 e. The number of aromatic nitrogens is 2. The van der Waals surface area contributed by atoms with E-state index in [2.05, 4.69) is 10.2 Å². The van der Waals surface area contributed by atoms with Crippen LogP contribution >= 0.6 is 11.6 Å². The van der Waals surface area contributed by atoms with Gasteiger partial charge in [-0.2, -0.15) is 10.4 Å². The van der Waals surface area contributed by atoms with Gasteiger partial charge in [0.2, 0.25) is 0 Å². The fraction of sp³-hybridized carbons (Fsp3) is 0. The van der Waals surface area contributed by atoms with Crippen molar-refractivity contribution in [2.45, 2.75) is 0 Å². The Morgan fingerprint density at radius 2 is 2.27 bits per heavy atom. The Morgan fingerprint density at radius 1 is 1.47 bits per heavy atom. The summed E-state index contributed by atoms with van der Waals surface area (Å²) in [5.74, 6) is -0.636. The van der Waals surface area contributed by atoms with E-state index in [0.717, 1.165) is 0 Å². The van der Waals surface area contributed by atoms with Gasteiger partial charge in [0.15, 0.2) is 0 Å². The van der Waals surface area contributed by atoms with Crippen LogP contribution in [0.15, 0.2) is 24.4 Å². The number of aromatic amines is 1. The molecule has 1 aromatic carbocycles. The summed E-state index contributed by atoms with van der Waals surface area (Å²) in [7, 11) is 0. The maximum absolute atomic E-state index is 13.4. The molecule has 0 aliphatic rings. The smallest absolute Gasteiger partial charge is 0.143 e. The van der Waals surface area contributed by atoms with E-state index in [-0.39, 0.29) is 10.6 Å². The van der Waals surface area contributed by atoms with Crippen LogP contribution in [0.4, 0.5) is 4.39 Å². The quantitative estimate of drug-likeness (QED) is 0.805. The molecule has 2 rings (SSSR count). The first-order valence-corrected chi connectivity index (χ1v) is 4.49. The standard InChI is InChI=1S/C10H5ClFN3/c11-8-3-6(10-1-2-14-15-10)4-9(12)7(8)5-13/h1-4H,(H,14,15). The van der Waals surface area contributed by atoms with E-state index in [0.29, 0.717) is 11.3 Å². The number of hydrogen-bond donors (Lipinski definition) is 1. The molecule has 0 saturated carbocycles. The zero-order chi connectivity index (χ0) is 10.8. The van der Waals surface area contributed by atoms with Crippen LogP contribution in [0.5, 0.6) is 0 Å². The summed E-state index contributed by atoms with van der Waals surface area (Å²) in [5.41, 5.74) is 0.981. The summed E-state index contributed by atoms with van der Waals surface area (Å²) in [6.45, 7) is 0. The van der Waals surface area contributed by atoms with Crippen molar-refractivity contribution < 1.29 is 4.39 Å². The minimum atomic E-state index is -0.636. The van der Waals surface area contributed by atoms with Crippen molar-refractivity contribution in [3.8, 4) is 17.3 Å². The number of nitrogens with one attached hydrogen (secondary N) is 1. The van der Waals surface area contributed by atoms with Gasteiger partial charge in [0.1, 0.15) is 17.4 Å². The summed E-state index contributed by atoms with van der Waals surface area (Å²) in [6.07, 6.45) is 1.62. The van der Waals surface area contributed by atoms with Crippen LogP contribution in [0.3, 0.4) is 0 Å². The van der Waals surface area contributed by atoms with Gasteiger partial charge in [-0.05, 0) is 18.2 Å². The van der Waals surface area contributed by atoms with Gasteiger partial charge in [0, 0.05) is 11.8 Å². The molecule has 0 saturated heterocycles. The second-order valence-corrected chi connectivity index (χ2v) is 3.29. The average Bonchev–Trinajstić information content (AvgIpc) is 2.69. The van der Waals surface area contributed by atoms with Crippen molar-refractivity contribution in [2.24, 2.45) is 0 Å². The molecule has 1 aromatic heterocycles. The molecule has 74 valence electrons. The third-order valence-corrected chi connectivity index (χ3v) is 2.25. The third kappa shape index (κ3) is 1.69. The Morgan fingerprint density at radius 3 is 2.80 bits per heavy atom. The highest BCUT2D eigenvalue weighted by Crippen LogP contribution is 2.26. The van der Waals surface area contributed by atoms with Crippen LogP contribution in [0, 0.1) is 17.1 Å². The largest absolute Gasteiger partial charge is 0.285 e. The molecular formula is C10H5ClFN3. The van der Waals surface area contributed by atoms with Gasteiger partial charge in [0.05, 0.1) is 10.7 Å². The van der Waals surface area contributed by atoms with E-state index in [4.69, 9.17) is 16.9 Å². The molecule has 0 radical (unpaired) electrons. The lowest BCUT2D eigenvalue weighted by Gasteiger charge is -2.01. The highest BCUT2D eigenvalue weighted by atomic mass is 35.5. The van der Waals surface area contributed by atoms with Crippen molar-refractivity contribution in [1.29, 1.82) is 5.26 Å². The van der Waals surface area contributed by atoms with Crippen LogP contribution in [0.2, 0.25) is 5.02 Å². The molecule has 1 N–H and O–H groups in total. The average molecular weight is 222 g/mol. The van der Waals surface area contributed by atoms with E-state index in [1.54, 1.807) is 18.3 Å². The van der Waals surface area contributed by atoms with Crippen LogP contribution in [0.1, 0.15) is 5.56 Å². The van der Waals surface area contributed by atoms with Crippen LogP contribution < -0.4 is 0 Å². The predicted molar refractivity (Wildman–Crippen MR) is 53.7 cm³/mol. The summed E-state index contributed by atoms with van der Waals surface area (Å²) >= 11 is 5.75. The predicted octanol–water partition coefficient (Wildman–Crippen LogP) is 2.74. The monoisotopic (exact) mass is 221 g/mol. The first kappa shape index (κ1) is 9.69. The number of benzene rings is 1. The Kier molecular flexibility index (Phi) is 2.40. The van der Waals surface area contributed by atoms with Gasteiger partial charge >= 0.3 is 0 Å². The van der Waals surface area contributed by atoms with Crippen LogP contribution in [-0.4, -0.2) is 10.2 Å². The zero-order valence-corrected chi connectivity index (χ0v) is 8.22. The summed E-state index contributed by atoms with van der Waals surface area (Å²) in [4.78, 5) is 0. The fourth-order valence-corrected chi connectivity index (χ4v) is 1.50. The Labute approximate surface area is 90.1 Å². The van der Waals surface area contributed by atoms with Gasteiger partial charge in [-0.25, -0.2) is 4.39 Å². The van der Waals surface area contributed by atoms with Gasteiger partial charge in [0.25, 0.3) is 0 Å². The Balaban J connectivity index is 2.59. The second kappa shape index (κ2) is 3.71. The number of halogens is 2. The molecule has 0 aliphatic carbocycles. The van der Waals surface area contributed by atoms with Gasteiger partial charge < -0.3 is 0 Å². The fourth-order valence-electron chi connectivity index (χ4n) is 1.25. The lowest BCUT2D eigenvalue weighted by atomic mass is 10.1. The minimum absolute atomic E-state index is 0.0931. The molecule has 15 heavy (non-hydrogen) atoms. The molecule has 0 spiro atoms.